The Morgan fingerprint density at radius 3 is 2.41 bits per heavy atom. The zero-order valence-corrected chi connectivity index (χ0v) is 16.0. The van der Waals surface area contributed by atoms with Gasteiger partial charge in [0.05, 0.1) is 39.0 Å². The van der Waals surface area contributed by atoms with Crippen molar-refractivity contribution in [2.45, 2.75) is 6.67 Å². The van der Waals surface area contributed by atoms with Crippen LogP contribution in [0.3, 0.4) is 0 Å². The maximum atomic E-state index is 5.58. The minimum atomic E-state index is 0.605. The first-order valence-corrected chi connectivity index (χ1v) is 9.37. The molecule has 1 aliphatic heterocycles. The molecule has 27 heavy (non-hydrogen) atoms. The Balaban J connectivity index is 1.41. The smallest absolute Gasteiger partial charge is 0.225 e. The first kappa shape index (κ1) is 17.6. The van der Waals surface area contributed by atoms with Gasteiger partial charge in [-0.2, -0.15) is 9.36 Å². The van der Waals surface area contributed by atoms with Crippen molar-refractivity contribution >= 4 is 17.9 Å². The number of quaternary nitrogens is 1. The second kappa shape index (κ2) is 7.85. The lowest BCUT2D eigenvalue weighted by Gasteiger charge is -2.32. The zero-order valence-electron chi connectivity index (χ0n) is 15.2. The van der Waals surface area contributed by atoms with Gasteiger partial charge in [-0.3, -0.25) is 0 Å². The Morgan fingerprint density at radius 2 is 1.74 bits per heavy atom. The highest BCUT2D eigenvalue weighted by molar-refractivity contribution is 7.71. The quantitative estimate of drug-likeness (QED) is 0.626. The third kappa shape index (κ3) is 3.83. The predicted octanol–water partition coefficient (Wildman–Crippen LogP) is -0.0164. The van der Waals surface area contributed by atoms with E-state index in [2.05, 4.69) is 32.4 Å². The molecule has 0 saturated carbocycles. The van der Waals surface area contributed by atoms with Crippen LogP contribution in [-0.4, -0.2) is 53.1 Å². The number of aromatic amines is 1. The molecule has 2 aromatic heterocycles. The van der Waals surface area contributed by atoms with Crippen LogP contribution in [0.15, 0.2) is 48.8 Å². The molecule has 9 heteroatoms. The second-order valence-corrected chi connectivity index (χ2v) is 6.89. The fraction of sp³-hybridized carbons (Fsp3) is 0.333. The van der Waals surface area contributed by atoms with Gasteiger partial charge in [-0.25, -0.2) is 4.98 Å². The molecular formula is C18H23N7OS+2. The molecule has 0 unspecified atom stereocenters. The van der Waals surface area contributed by atoms with Crippen molar-refractivity contribution in [2.24, 2.45) is 0 Å². The highest BCUT2D eigenvalue weighted by Gasteiger charge is 2.21. The summed E-state index contributed by atoms with van der Waals surface area (Å²) in [5.41, 5.74) is 2.14. The summed E-state index contributed by atoms with van der Waals surface area (Å²) < 4.78 is 9.29. The normalized spacial score (nSPS) is 15.1. The summed E-state index contributed by atoms with van der Waals surface area (Å²) in [4.78, 5) is 6.93. The molecule has 1 saturated heterocycles. The van der Waals surface area contributed by atoms with Gasteiger partial charge in [0.15, 0.2) is 19.1 Å². The maximum Gasteiger partial charge on any atom is 0.225 e. The molecule has 1 fully saturated rings. The van der Waals surface area contributed by atoms with Crippen LogP contribution in [0.5, 0.6) is 5.75 Å². The summed E-state index contributed by atoms with van der Waals surface area (Å²) in [6.07, 6.45) is 3.93. The fourth-order valence-corrected chi connectivity index (χ4v) is 3.54. The molecule has 0 atom stereocenters. The molecule has 1 aliphatic rings. The number of benzene rings is 1. The molecule has 0 amide bonds. The highest BCUT2D eigenvalue weighted by atomic mass is 32.1. The number of H-pyrrole nitrogens is 1. The summed E-state index contributed by atoms with van der Waals surface area (Å²) in [5, 5.41) is 8.49. The van der Waals surface area contributed by atoms with E-state index >= 15 is 0 Å². The summed E-state index contributed by atoms with van der Waals surface area (Å²) in [6, 6.07) is 11.9. The molecule has 4 rings (SSSR count). The summed E-state index contributed by atoms with van der Waals surface area (Å²) in [7, 11) is 1.65. The van der Waals surface area contributed by atoms with Crippen LogP contribution in [-0.2, 0) is 6.67 Å². The third-order valence-corrected chi connectivity index (χ3v) is 5.25. The van der Waals surface area contributed by atoms with Gasteiger partial charge < -0.3 is 14.5 Å². The van der Waals surface area contributed by atoms with Gasteiger partial charge in [-0.05, 0) is 46.9 Å². The summed E-state index contributed by atoms with van der Waals surface area (Å²) >= 11 is 5.58. The van der Waals surface area contributed by atoms with E-state index in [1.54, 1.807) is 11.8 Å². The Kier molecular flexibility index (Phi) is 5.12. The van der Waals surface area contributed by atoms with Crippen molar-refractivity contribution in [3.05, 3.63) is 53.6 Å². The van der Waals surface area contributed by atoms with E-state index in [9.17, 15) is 0 Å². The van der Waals surface area contributed by atoms with Gasteiger partial charge in [0.1, 0.15) is 5.75 Å². The number of ether oxygens (including phenoxy) is 1. The molecule has 1 aromatic carbocycles. The summed E-state index contributed by atoms with van der Waals surface area (Å²) in [5.74, 6) is 0.802. The number of aromatic nitrogens is 5. The van der Waals surface area contributed by atoms with E-state index < -0.39 is 0 Å². The number of pyridine rings is 1. The molecular weight excluding hydrogens is 362 g/mol. The topological polar surface area (TPSA) is 66.7 Å². The molecule has 0 aliphatic carbocycles. The number of rotatable bonds is 5. The molecule has 0 bridgehead atoms. The monoisotopic (exact) mass is 385 g/mol. The highest BCUT2D eigenvalue weighted by Crippen LogP contribution is 2.14. The number of methoxy groups -OCH3 is 1. The van der Waals surface area contributed by atoms with Gasteiger partial charge in [-0.15, -0.1) is 0 Å². The molecule has 2 N–H and O–H groups in total. The van der Waals surface area contributed by atoms with Crippen molar-refractivity contribution in [1.82, 2.24) is 19.8 Å². The van der Waals surface area contributed by atoms with Crippen LogP contribution < -0.4 is 19.5 Å². The minimum Gasteiger partial charge on any atom is -0.497 e. The Morgan fingerprint density at radius 1 is 1.04 bits per heavy atom. The number of tetrazole rings is 1. The number of hydrogen-bond acceptors (Lipinski definition) is 5. The number of piperazine rings is 1. The SMILES string of the molecule is COc1ccc(-n2nnn(C[NH+]3CCN(c4cc[nH+]cc4)CC3)c2=S)cc1. The third-order valence-electron chi connectivity index (χ3n) is 4.87. The second-order valence-electron chi connectivity index (χ2n) is 6.52. The number of hydrogen-bond donors (Lipinski definition) is 1. The number of anilines is 1. The van der Waals surface area contributed by atoms with Crippen LogP contribution >= 0.6 is 12.2 Å². The van der Waals surface area contributed by atoms with E-state index in [1.165, 1.54) is 10.6 Å². The van der Waals surface area contributed by atoms with Crippen LogP contribution in [0, 0.1) is 4.77 Å². The lowest BCUT2D eigenvalue weighted by molar-refractivity contribution is -0.924. The average Bonchev–Trinajstić information content (AvgIpc) is 3.09. The standard InChI is InChI=1S/C18H21N7OS/c1-26-17-4-2-16(3-5-17)25-18(27)24(20-21-25)14-22-10-12-23(13-11-22)15-6-8-19-9-7-15/h2-9H,10-14H2,1H3/p+2. The molecule has 0 spiro atoms. The molecule has 3 heterocycles. The molecule has 8 nitrogen and oxygen atoms in total. The predicted molar refractivity (Wildman–Crippen MR) is 103 cm³/mol. The van der Waals surface area contributed by atoms with Crippen molar-refractivity contribution in [3.8, 4) is 11.4 Å². The molecule has 140 valence electrons. The van der Waals surface area contributed by atoms with Gasteiger partial charge in [-0.1, -0.05) is 0 Å². The van der Waals surface area contributed by atoms with Crippen LogP contribution in [0.25, 0.3) is 5.69 Å². The van der Waals surface area contributed by atoms with Crippen molar-refractivity contribution in [1.29, 1.82) is 0 Å². The first-order valence-electron chi connectivity index (χ1n) is 8.96. The lowest BCUT2D eigenvalue weighted by Crippen LogP contribution is -3.14. The van der Waals surface area contributed by atoms with Gasteiger partial charge in [0.2, 0.25) is 4.77 Å². The average molecular weight is 385 g/mol. The van der Waals surface area contributed by atoms with Gasteiger partial charge in [0.25, 0.3) is 0 Å². The largest absolute Gasteiger partial charge is 0.497 e. The lowest BCUT2D eigenvalue weighted by atomic mass is 10.3. The van der Waals surface area contributed by atoms with Crippen molar-refractivity contribution in [2.75, 3.05) is 38.2 Å². The Hall–Kier alpha value is -2.78. The Labute approximate surface area is 162 Å². The van der Waals surface area contributed by atoms with E-state index in [4.69, 9.17) is 17.0 Å². The maximum absolute atomic E-state index is 5.58. The van der Waals surface area contributed by atoms with Gasteiger partial charge in [0, 0.05) is 17.8 Å². The van der Waals surface area contributed by atoms with Crippen LogP contribution in [0.4, 0.5) is 5.69 Å². The van der Waals surface area contributed by atoms with Crippen molar-refractivity contribution in [3.63, 3.8) is 0 Å². The number of nitrogens with zero attached hydrogens (tertiary/aromatic N) is 5. The zero-order chi connectivity index (χ0) is 18.6. The molecule has 0 radical (unpaired) electrons. The first-order chi connectivity index (χ1) is 13.2. The van der Waals surface area contributed by atoms with Gasteiger partial charge >= 0.3 is 0 Å². The van der Waals surface area contributed by atoms with Crippen LogP contribution in [0.1, 0.15) is 0 Å². The minimum absolute atomic E-state index is 0.605. The Bertz CT molecular complexity index is 930. The van der Waals surface area contributed by atoms with E-state index in [0.717, 1.165) is 44.3 Å². The van der Waals surface area contributed by atoms with E-state index in [-0.39, 0.29) is 0 Å². The van der Waals surface area contributed by atoms with Crippen LogP contribution in [0.2, 0.25) is 0 Å². The fourth-order valence-electron chi connectivity index (χ4n) is 3.30. The van der Waals surface area contributed by atoms with Crippen molar-refractivity contribution < 1.29 is 14.6 Å². The van der Waals surface area contributed by atoms with E-state index in [1.807, 2.05) is 41.3 Å². The van der Waals surface area contributed by atoms with E-state index in [0.29, 0.717) is 4.77 Å². The molecule has 3 aromatic rings. The number of nitrogens with one attached hydrogen (secondary N) is 2. The summed E-state index contributed by atoms with van der Waals surface area (Å²) in [6.45, 7) is 4.83.